The number of carbonyl (C=O) groups is 1. The van der Waals surface area contributed by atoms with Crippen LogP contribution in [0.25, 0.3) is 0 Å². The molecule has 32 heavy (non-hydrogen) atoms. The lowest BCUT2D eigenvalue weighted by Crippen LogP contribution is -2.14. The summed E-state index contributed by atoms with van der Waals surface area (Å²) in [7, 11) is 0. The molecule has 0 aliphatic carbocycles. The van der Waals surface area contributed by atoms with E-state index >= 15 is 0 Å². The standard InChI is InChI=1S/C21H15Cl3FN5O2/c22-13-4-5-20(17(24)8-13)32-12-29-7-6-19(28-29)21(31)27-14-9-26-30(10-14)11-15-16(23)2-1-3-18(15)25/h1-10H,11-12H2,(H,27,31). The number of nitrogens with one attached hydrogen (secondary N) is 1. The summed E-state index contributed by atoms with van der Waals surface area (Å²) >= 11 is 18.0. The number of nitrogens with zero attached hydrogens (tertiary/aromatic N) is 4. The quantitative estimate of drug-likeness (QED) is 0.367. The fourth-order valence-corrected chi connectivity index (χ4v) is 3.52. The van der Waals surface area contributed by atoms with Gasteiger partial charge in [-0.3, -0.25) is 9.48 Å². The van der Waals surface area contributed by atoms with E-state index in [2.05, 4.69) is 15.5 Å². The molecular weight excluding hydrogens is 480 g/mol. The molecule has 0 aliphatic rings. The summed E-state index contributed by atoms with van der Waals surface area (Å²) in [5.74, 6) is -0.414. The first kappa shape index (κ1) is 22.1. The van der Waals surface area contributed by atoms with Gasteiger partial charge in [0.1, 0.15) is 11.6 Å². The minimum atomic E-state index is -0.434. The zero-order valence-electron chi connectivity index (χ0n) is 16.3. The third-order valence-corrected chi connectivity index (χ3v) is 5.28. The predicted octanol–water partition coefficient (Wildman–Crippen LogP) is 5.52. The molecule has 11 heteroatoms. The van der Waals surface area contributed by atoms with Crippen LogP contribution in [0.4, 0.5) is 10.1 Å². The van der Waals surface area contributed by atoms with Crippen LogP contribution in [-0.2, 0) is 13.3 Å². The van der Waals surface area contributed by atoms with Crippen molar-refractivity contribution in [2.45, 2.75) is 13.3 Å². The summed E-state index contributed by atoms with van der Waals surface area (Å²) in [5.41, 5.74) is 0.927. The van der Waals surface area contributed by atoms with Crippen molar-refractivity contribution in [2.75, 3.05) is 5.32 Å². The summed E-state index contributed by atoms with van der Waals surface area (Å²) in [5, 5.41) is 12.2. The van der Waals surface area contributed by atoms with Crippen LogP contribution in [0.1, 0.15) is 16.1 Å². The van der Waals surface area contributed by atoms with E-state index < -0.39 is 11.7 Å². The maximum Gasteiger partial charge on any atom is 0.276 e. The average molecular weight is 495 g/mol. The topological polar surface area (TPSA) is 74.0 Å². The van der Waals surface area contributed by atoms with Gasteiger partial charge in [-0.15, -0.1) is 0 Å². The molecule has 0 unspecified atom stereocenters. The molecule has 1 N–H and O–H groups in total. The van der Waals surface area contributed by atoms with E-state index in [9.17, 15) is 9.18 Å². The van der Waals surface area contributed by atoms with Crippen LogP contribution in [-0.4, -0.2) is 25.5 Å². The van der Waals surface area contributed by atoms with E-state index in [0.717, 1.165) is 0 Å². The second-order valence-electron chi connectivity index (χ2n) is 6.67. The molecule has 0 saturated carbocycles. The fraction of sp³-hybridized carbons (Fsp3) is 0.0952. The summed E-state index contributed by atoms with van der Waals surface area (Å²) in [4.78, 5) is 12.5. The van der Waals surface area contributed by atoms with Gasteiger partial charge in [0.2, 0.25) is 0 Å². The number of aromatic nitrogens is 4. The van der Waals surface area contributed by atoms with E-state index in [1.165, 1.54) is 27.7 Å². The third-order valence-electron chi connectivity index (χ3n) is 4.39. The highest BCUT2D eigenvalue weighted by Crippen LogP contribution is 2.27. The first-order chi connectivity index (χ1) is 15.4. The minimum absolute atomic E-state index is 0.0516. The second-order valence-corrected chi connectivity index (χ2v) is 7.92. The smallest absolute Gasteiger partial charge is 0.276 e. The van der Waals surface area contributed by atoms with Crippen LogP contribution in [0, 0.1) is 5.82 Å². The molecule has 0 bridgehead atoms. The molecule has 2 heterocycles. The second kappa shape index (κ2) is 9.60. The largest absolute Gasteiger partial charge is 0.470 e. The average Bonchev–Trinajstić information content (AvgIpc) is 3.40. The lowest BCUT2D eigenvalue weighted by atomic mass is 10.2. The van der Waals surface area contributed by atoms with Gasteiger partial charge in [-0.2, -0.15) is 10.2 Å². The van der Waals surface area contributed by atoms with Gasteiger partial charge in [0.05, 0.1) is 23.5 Å². The van der Waals surface area contributed by atoms with Gasteiger partial charge in [-0.25, -0.2) is 9.07 Å². The Morgan fingerprint density at radius 1 is 1.09 bits per heavy atom. The van der Waals surface area contributed by atoms with E-state index in [1.807, 2.05) is 0 Å². The van der Waals surface area contributed by atoms with Gasteiger partial charge in [-0.05, 0) is 36.4 Å². The summed E-state index contributed by atoms with van der Waals surface area (Å²) in [6.45, 7) is 0.177. The van der Waals surface area contributed by atoms with Crippen molar-refractivity contribution in [2.24, 2.45) is 0 Å². The lowest BCUT2D eigenvalue weighted by molar-refractivity contribution is 0.102. The van der Waals surface area contributed by atoms with Crippen molar-refractivity contribution in [1.82, 2.24) is 19.6 Å². The van der Waals surface area contributed by atoms with Crippen molar-refractivity contribution in [3.63, 3.8) is 0 Å². The maximum atomic E-state index is 14.0. The van der Waals surface area contributed by atoms with Crippen LogP contribution in [0.2, 0.25) is 15.1 Å². The molecular formula is C21H15Cl3FN5O2. The van der Waals surface area contributed by atoms with E-state index in [4.69, 9.17) is 39.5 Å². The maximum absolute atomic E-state index is 14.0. The molecule has 1 amide bonds. The van der Waals surface area contributed by atoms with Crippen LogP contribution in [0.3, 0.4) is 0 Å². The van der Waals surface area contributed by atoms with Crippen molar-refractivity contribution in [3.8, 4) is 5.75 Å². The Morgan fingerprint density at radius 2 is 1.94 bits per heavy atom. The first-order valence-corrected chi connectivity index (χ1v) is 10.4. The first-order valence-electron chi connectivity index (χ1n) is 9.27. The van der Waals surface area contributed by atoms with Crippen LogP contribution >= 0.6 is 34.8 Å². The van der Waals surface area contributed by atoms with Crippen molar-refractivity contribution in [3.05, 3.63) is 93.2 Å². The number of anilines is 1. The fourth-order valence-electron chi connectivity index (χ4n) is 2.84. The molecule has 4 rings (SSSR count). The monoisotopic (exact) mass is 493 g/mol. The summed E-state index contributed by atoms with van der Waals surface area (Å²) in [6.07, 6.45) is 4.63. The Labute approximate surface area is 197 Å². The minimum Gasteiger partial charge on any atom is -0.470 e. The highest BCUT2D eigenvalue weighted by Gasteiger charge is 2.13. The number of ether oxygens (including phenoxy) is 1. The molecule has 164 valence electrons. The Bertz CT molecular complexity index is 1250. The number of halogens is 4. The number of benzene rings is 2. The van der Waals surface area contributed by atoms with Crippen LogP contribution < -0.4 is 10.1 Å². The van der Waals surface area contributed by atoms with Crippen molar-refractivity contribution >= 4 is 46.4 Å². The van der Waals surface area contributed by atoms with Gasteiger partial charge >= 0.3 is 0 Å². The van der Waals surface area contributed by atoms with E-state index in [0.29, 0.717) is 32.1 Å². The van der Waals surface area contributed by atoms with Crippen molar-refractivity contribution in [1.29, 1.82) is 0 Å². The van der Waals surface area contributed by atoms with Gasteiger partial charge in [0.15, 0.2) is 12.4 Å². The Balaban J connectivity index is 1.36. The van der Waals surface area contributed by atoms with Gasteiger partial charge < -0.3 is 10.1 Å². The molecule has 0 saturated heterocycles. The molecule has 0 fully saturated rings. The lowest BCUT2D eigenvalue weighted by Gasteiger charge is -2.08. The number of amides is 1. The normalized spacial score (nSPS) is 10.9. The van der Waals surface area contributed by atoms with E-state index in [1.54, 1.807) is 42.7 Å². The SMILES string of the molecule is O=C(Nc1cnn(Cc2c(F)cccc2Cl)c1)c1ccn(COc2ccc(Cl)cc2Cl)n1. The van der Waals surface area contributed by atoms with Crippen LogP contribution in [0.5, 0.6) is 5.75 Å². The van der Waals surface area contributed by atoms with Gasteiger partial charge in [0.25, 0.3) is 5.91 Å². The highest BCUT2D eigenvalue weighted by atomic mass is 35.5. The number of carbonyl (C=O) groups excluding carboxylic acids is 1. The molecule has 0 atom stereocenters. The zero-order chi connectivity index (χ0) is 22.7. The summed E-state index contributed by atoms with van der Waals surface area (Å²) in [6, 6.07) is 10.9. The molecule has 0 spiro atoms. The third kappa shape index (κ3) is 5.21. The molecule has 2 aromatic carbocycles. The van der Waals surface area contributed by atoms with Gasteiger partial charge in [0, 0.05) is 28.0 Å². The molecule has 0 radical (unpaired) electrons. The predicted molar refractivity (Wildman–Crippen MR) is 120 cm³/mol. The highest BCUT2D eigenvalue weighted by molar-refractivity contribution is 6.35. The molecule has 7 nitrogen and oxygen atoms in total. The van der Waals surface area contributed by atoms with Crippen LogP contribution in [0.15, 0.2) is 61.1 Å². The van der Waals surface area contributed by atoms with Gasteiger partial charge in [-0.1, -0.05) is 40.9 Å². The Kier molecular flexibility index (Phi) is 6.64. The molecule has 0 aliphatic heterocycles. The Hall–Kier alpha value is -3.07. The number of rotatable bonds is 7. The van der Waals surface area contributed by atoms with Crippen molar-refractivity contribution < 1.29 is 13.9 Å². The zero-order valence-corrected chi connectivity index (χ0v) is 18.6. The van der Waals surface area contributed by atoms with E-state index in [-0.39, 0.29) is 19.0 Å². The Morgan fingerprint density at radius 3 is 2.72 bits per heavy atom. The molecule has 2 aromatic heterocycles. The number of hydrogen-bond acceptors (Lipinski definition) is 4. The number of hydrogen-bond donors (Lipinski definition) is 1. The summed E-state index contributed by atoms with van der Waals surface area (Å²) < 4.78 is 22.5. The molecule has 4 aromatic rings.